The maximum absolute atomic E-state index is 14.2. The van der Waals surface area contributed by atoms with E-state index in [-0.39, 0.29) is 29.1 Å². The number of hydrogen-bond acceptors (Lipinski definition) is 5. The molecule has 3 aromatic rings. The average molecular weight is 612 g/mol. The summed E-state index contributed by atoms with van der Waals surface area (Å²) in [6, 6.07) is 19.4. The first kappa shape index (κ1) is 31.4. The minimum Gasteiger partial charge on any atom is -0.497 e. The van der Waals surface area contributed by atoms with E-state index in [0.717, 1.165) is 35.6 Å². The van der Waals surface area contributed by atoms with Crippen molar-refractivity contribution in [3.63, 3.8) is 0 Å². The number of anilines is 1. The van der Waals surface area contributed by atoms with Gasteiger partial charge in [-0.3, -0.25) is 13.9 Å². The second kappa shape index (κ2) is 14.1. The highest BCUT2D eigenvalue weighted by Gasteiger charge is 2.35. The summed E-state index contributed by atoms with van der Waals surface area (Å²) in [5, 5.41) is 3.57. The molecule has 1 aliphatic carbocycles. The number of aryl methyl sites for hydroxylation is 1. The zero-order valence-corrected chi connectivity index (χ0v) is 25.8. The third-order valence-electron chi connectivity index (χ3n) is 7.62. The molecule has 0 aliphatic heterocycles. The van der Waals surface area contributed by atoms with Gasteiger partial charge < -0.3 is 15.0 Å². The van der Waals surface area contributed by atoms with Crippen LogP contribution in [0, 0.1) is 6.92 Å². The van der Waals surface area contributed by atoms with Crippen molar-refractivity contribution in [2.24, 2.45) is 0 Å². The monoisotopic (exact) mass is 611 g/mol. The Morgan fingerprint density at radius 3 is 2.36 bits per heavy atom. The summed E-state index contributed by atoms with van der Waals surface area (Å²) in [5.74, 6) is -0.333. The van der Waals surface area contributed by atoms with Gasteiger partial charge in [-0.05, 0) is 62.1 Å². The number of amides is 2. The maximum atomic E-state index is 14.2. The number of nitrogens with one attached hydrogen (secondary N) is 1. The van der Waals surface area contributed by atoms with E-state index in [9.17, 15) is 18.0 Å². The molecular formula is C32H38ClN3O5S. The number of carbonyl (C=O) groups is 2. The van der Waals surface area contributed by atoms with Gasteiger partial charge in [0.2, 0.25) is 11.8 Å². The minimum absolute atomic E-state index is 0.0473. The predicted molar refractivity (Wildman–Crippen MR) is 165 cm³/mol. The quantitative estimate of drug-likeness (QED) is 0.283. The summed E-state index contributed by atoms with van der Waals surface area (Å²) in [7, 11) is -2.68. The van der Waals surface area contributed by atoms with Crippen LogP contribution < -0.4 is 14.4 Å². The van der Waals surface area contributed by atoms with Crippen LogP contribution in [0.15, 0.2) is 77.7 Å². The van der Waals surface area contributed by atoms with Crippen LogP contribution in [0.2, 0.25) is 5.02 Å². The number of hydrogen-bond donors (Lipinski definition) is 1. The number of carbonyl (C=O) groups excluding carboxylic acids is 2. The molecule has 8 nitrogen and oxygen atoms in total. The number of rotatable bonds is 12. The predicted octanol–water partition coefficient (Wildman–Crippen LogP) is 5.72. The molecule has 1 aliphatic rings. The summed E-state index contributed by atoms with van der Waals surface area (Å²) in [4.78, 5) is 29.3. The van der Waals surface area contributed by atoms with Crippen molar-refractivity contribution in [2.75, 3.05) is 18.0 Å². The van der Waals surface area contributed by atoms with Crippen molar-refractivity contribution in [1.82, 2.24) is 10.2 Å². The fraction of sp³-hybridized carbons (Fsp3) is 0.375. The van der Waals surface area contributed by atoms with Crippen molar-refractivity contribution in [1.29, 1.82) is 0 Å². The van der Waals surface area contributed by atoms with Crippen LogP contribution >= 0.6 is 11.6 Å². The molecule has 2 amide bonds. The van der Waals surface area contributed by atoms with Crippen LogP contribution in [0.4, 0.5) is 5.69 Å². The topological polar surface area (TPSA) is 96.0 Å². The normalized spacial score (nSPS) is 14.3. The highest BCUT2D eigenvalue weighted by Crippen LogP contribution is 2.28. The summed E-state index contributed by atoms with van der Waals surface area (Å²) in [5.41, 5.74) is 1.83. The molecule has 10 heteroatoms. The first-order chi connectivity index (χ1) is 20.1. The van der Waals surface area contributed by atoms with Gasteiger partial charge in [0.1, 0.15) is 18.3 Å². The van der Waals surface area contributed by atoms with E-state index >= 15 is 0 Å². The fourth-order valence-corrected chi connectivity index (χ4v) is 6.83. The van der Waals surface area contributed by atoms with Gasteiger partial charge in [0.05, 0.1) is 17.7 Å². The molecule has 1 fully saturated rings. The van der Waals surface area contributed by atoms with Gasteiger partial charge in [0, 0.05) is 23.7 Å². The van der Waals surface area contributed by atoms with Gasteiger partial charge in [-0.15, -0.1) is 0 Å². The van der Waals surface area contributed by atoms with Gasteiger partial charge in [-0.2, -0.15) is 0 Å². The van der Waals surface area contributed by atoms with Crippen molar-refractivity contribution >= 4 is 39.1 Å². The summed E-state index contributed by atoms with van der Waals surface area (Å²) >= 11 is 6.48. The Labute approximate surface area is 253 Å². The number of methoxy groups -OCH3 is 1. The molecule has 224 valence electrons. The molecule has 42 heavy (non-hydrogen) atoms. The second-order valence-corrected chi connectivity index (χ2v) is 12.8. The lowest BCUT2D eigenvalue weighted by Crippen LogP contribution is -2.53. The van der Waals surface area contributed by atoms with Crippen molar-refractivity contribution < 1.29 is 22.7 Å². The molecule has 4 rings (SSSR count). The molecule has 1 atom stereocenters. The van der Waals surface area contributed by atoms with E-state index in [1.54, 1.807) is 54.6 Å². The Bertz CT molecular complexity index is 1490. The van der Waals surface area contributed by atoms with Crippen molar-refractivity contribution in [3.8, 4) is 5.75 Å². The summed E-state index contributed by atoms with van der Waals surface area (Å²) < 4.78 is 34.5. The number of ether oxygens (including phenoxy) is 1. The molecular weight excluding hydrogens is 574 g/mol. The molecule has 0 heterocycles. The third kappa shape index (κ3) is 7.44. The van der Waals surface area contributed by atoms with E-state index in [1.807, 2.05) is 19.9 Å². The molecule has 0 aromatic heterocycles. The van der Waals surface area contributed by atoms with Crippen LogP contribution in [-0.4, -0.2) is 50.9 Å². The van der Waals surface area contributed by atoms with Crippen LogP contribution in [-0.2, 0) is 26.2 Å². The van der Waals surface area contributed by atoms with E-state index < -0.39 is 28.5 Å². The van der Waals surface area contributed by atoms with Gasteiger partial charge in [-0.1, -0.05) is 73.3 Å². The molecule has 0 spiro atoms. The standard InChI is InChI=1S/C32H38ClN3O5S/c1-4-30(32(38)34-25-11-6-7-12-25)35(21-24-10-5-8-15-29(24)33)31(37)22-36(26-13-9-14-27(20-26)41-3)42(39,40)28-18-16-23(2)17-19-28/h5,8-10,13-20,25,30H,4,6-7,11-12,21-22H2,1-3H3,(H,34,38)/t30-/m1/s1. The first-order valence-electron chi connectivity index (χ1n) is 14.2. The van der Waals surface area contributed by atoms with E-state index in [4.69, 9.17) is 16.3 Å². The number of nitrogens with zero attached hydrogens (tertiary/aromatic N) is 2. The van der Waals surface area contributed by atoms with Crippen LogP contribution in [0.5, 0.6) is 5.75 Å². The highest BCUT2D eigenvalue weighted by atomic mass is 35.5. The SMILES string of the molecule is CC[C@H](C(=O)NC1CCCC1)N(Cc1ccccc1Cl)C(=O)CN(c1cccc(OC)c1)S(=O)(=O)c1ccc(C)cc1. The average Bonchev–Trinajstić information content (AvgIpc) is 3.49. The van der Waals surface area contributed by atoms with Gasteiger partial charge >= 0.3 is 0 Å². The van der Waals surface area contributed by atoms with E-state index in [1.165, 1.54) is 24.1 Å². The zero-order valence-electron chi connectivity index (χ0n) is 24.3. The van der Waals surface area contributed by atoms with Crippen LogP contribution in [0.1, 0.15) is 50.2 Å². The van der Waals surface area contributed by atoms with Gasteiger partial charge in [-0.25, -0.2) is 8.42 Å². The molecule has 0 saturated heterocycles. The largest absolute Gasteiger partial charge is 0.497 e. The fourth-order valence-electron chi connectivity index (χ4n) is 5.23. The molecule has 0 unspecified atom stereocenters. The molecule has 0 bridgehead atoms. The van der Waals surface area contributed by atoms with Crippen LogP contribution in [0.25, 0.3) is 0 Å². The second-order valence-electron chi connectivity index (χ2n) is 10.6. The minimum atomic E-state index is -4.17. The lowest BCUT2D eigenvalue weighted by Gasteiger charge is -2.34. The van der Waals surface area contributed by atoms with E-state index in [2.05, 4.69) is 5.32 Å². The van der Waals surface area contributed by atoms with Gasteiger partial charge in [0.25, 0.3) is 10.0 Å². The smallest absolute Gasteiger partial charge is 0.264 e. The Morgan fingerprint density at radius 2 is 1.71 bits per heavy atom. The molecule has 1 N–H and O–H groups in total. The van der Waals surface area contributed by atoms with Crippen molar-refractivity contribution in [2.45, 2.75) is 69.5 Å². The third-order valence-corrected chi connectivity index (χ3v) is 9.77. The lowest BCUT2D eigenvalue weighted by molar-refractivity contribution is -0.140. The van der Waals surface area contributed by atoms with Crippen molar-refractivity contribution in [3.05, 3.63) is 88.9 Å². The Morgan fingerprint density at radius 1 is 1.02 bits per heavy atom. The molecule has 0 radical (unpaired) electrons. The molecule has 3 aromatic carbocycles. The van der Waals surface area contributed by atoms with E-state index in [0.29, 0.717) is 22.8 Å². The maximum Gasteiger partial charge on any atom is 0.264 e. The number of sulfonamides is 1. The summed E-state index contributed by atoms with van der Waals surface area (Å²) in [6.07, 6.45) is 4.25. The number of halogens is 1. The zero-order chi connectivity index (χ0) is 30.3. The Balaban J connectivity index is 1.74. The lowest BCUT2D eigenvalue weighted by atomic mass is 10.1. The summed E-state index contributed by atoms with van der Waals surface area (Å²) in [6.45, 7) is 3.23. The molecule has 1 saturated carbocycles. The number of benzene rings is 3. The van der Waals surface area contributed by atoms with Crippen LogP contribution in [0.3, 0.4) is 0 Å². The highest BCUT2D eigenvalue weighted by molar-refractivity contribution is 7.92. The Hall–Kier alpha value is -3.56. The first-order valence-corrected chi connectivity index (χ1v) is 16.0. The van der Waals surface area contributed by atoms with Gasteiger partial charge in [0.15, 0.2) is 0 Å². The Kier molecular flexibility index (Phi) is 10.5.